The molecule has 1 heterocycles. The van der Waals surface area contributed by atoms with Crippen LogP contribution in [0, 0.1) is 11.3 Å². The number of nitrogens with zero attached hydrogens (tertiary/aromatic N) is 2. The second-order valence-corrected chi connectivity index (χ2v) is 8.31. The van der Waals surface area contributed by atoms with Gasteiger partial charge >= 0.3 is 12.1 Å². The number of carbonyl (C=O) groups excluding carboxylic acids is 1. The molecule has 1 aromatic heterocycles. The Hall–Kier alpha value is -4.39. The van der Waals surface area contributed by atoms with E-state index in [9.17, 15) is 28.0 Å². The Morgan fingerprint density at radius 3 is 2.41 bits per heavy atom. The number of aromatic nitrogens is 1. The van der Waals surface area contributed by atoms with Crippen molar-refractivity contribution in [1.29, 1.82) is 5.26 Å². The summed E-state index contributed by atoms with van der Waals surface area (Å²) in [5.41, 5.74) is 1.72. The molecule has 1 amide bonds. The van der Waals surface area contributed by atoms with E-state index in [0.717, 1.165) is 24.1 Å². The molecule has 2 aromatic carbocycles. The predicted octanol–water partition coefficient (Wildman–Crippen LogP) is 5.80. The van der Waals surface area contributed by atoms with Crippen molar-refractivity contribution in [1.82, 2.24) is 10.3 Å². The zero-order valence-corrected chi connectivity index (χ0v) is 20.0. The van der Waals surface area contributed by atoms with Crippen LogP contribution in [0.3, 0.4) is 0 Å². The molecule has 0 fully saturated rings. The van der Waals surface area contributed by atoms with Crippen LogP contribution in [-0.2, 0) is 11.0 Å². The standard InChI is InChI=1S/C27H25F3N4O3/c1-2-3-23(34-24-11-7-19(16-33-24)26(37)32-13-12-25(35)36)18-6-10-22(20(14-18)15-31)17-4-8-21(9-5-17)27(28,29)30/h4-11,14,16,23H,2-3,12-13H2,1H3,(H,32,37)(H,33,34)(H,35,36). The van der Waals surface area contributed by atoms with E-state index in [-0.39, 0.29) is 24.6 Å². The van der Waals surface area contributed by atoms with Gasteiger partial charge in [0.1, 0.15) is 5.82 Å². The molecule has 0 saturated heterocycles. The van der Waals surface area contributed by atoms with Crippen molar-refractivity contribution in [2.75, 3.05) is 11.9 Å². The first-order valence-electron chi connectivity index (χ1n) is 11.6. The van der Waals surface area contributed by atoms with Crippen LogP contribution in [0.15, 0.2) is 60.8 Å². The lowest BCUT2D eigenvalue weighted by molar-refractivity contribution is -0.138. The summed E-state index contributed by atoms with van der Waals surface area (Å²) in [4.78, 5) is 27.0. The minimum absolute atomic E-state index is 0.0104. The van der Waals surface area contributed by atoms with Gasteiger partial charge in [-0.05, 0) is 53.4 Å². The van der Waals surface area contributed by atoms with Crippen LogP contribution in [0.1, 0.15) is 59.3 Å². The highest BCUT2D eigenvalue weighted by atomic mass is 19.4. The topological polar surface area (TPSA) is 115 Å². The maximum Gasteiger partial charge on any atom is 0.416 e. The van der Waals surface area contributed by atoms with Gasteiger partial charge in [-0.1, -0.05) is 37.6 Å². The van der Waals surface area contributed by atoms with Gasteiger partial charge in [0.2, 0.25) is 0 Å². The molecule has 0 aliphatic heterocycles. The average Bonchev–Trinajstić information content (AvgIpc) is 2.87. The van der Waals surface area contributed by atoms with E-state index in [4.69, 9.17) is 5.11 Å². The molecule has 37 heavy (non-hydrogen) atoms. The van der Waals surface area contributed by atoms with Crippen LogP contribution >= 0.6 is 0 Å². The van der Waals surface area contributed by atoms with Gasteiger partial charge in [0.25, 0.3) is 5.91 Å². The van der Waals surface area contributed by atoms with Crippen LogP contribution in [0.5, 0.6) is 0 Å². The van der Waals surface area contributed by atoms with E-state index < -0.39 is 23.6 Å². The largest absolute Gasteiger partial charge is 0.481 e. The molecule has 1 atom stereocenters. The normalized spacial score (nSPS) is 11.9. The third kappa shape index (κ3) is 7.30. The second-order valence-electron chi connectivity index (χ2n) is 8.31. The zero-order chi connectivity index (χ0) is 27.0. The van der Waals surface area contributed by atoms with Gasteiger partial charge in [0.05, 0.1) is 35.2 Å². The SMILES string of the molecule is CCCC(Nc1ccc(C(=O)NCCC(=O)O)cn1)c1ccc(-c2ccc(C(F)(F)F)cc2)c(C#N)c1. The van der Waals surface area contributed by atoms with Crippen molar-refractivity contribution in [3.8, 4) is 17.2 Å². The number of anilines is 1. The number of carbonyl (C=O) groups is 2. The molecular formula is C27H25F3N4O3. The maximum absolute atomic E-state index is 12.9. The molecule has 3 N–H and O–H groups in total. The highest BCUT2D eigenvalue weighted by molar-refractivity contribution is 5.94. The molecule has 0 spiro atoms. The lowest BCUT2D eigenvalue weighted by Crippen LogP contribution is -2.26. The first-order chi connectivity index (χ1) is 17.6. The number of pyridine rings is 1. The van der Waals surface area contributed by atoms with Crippen LogP contribution in [-0.4, -0.2) is 28.5 Å². The molecule has 0 aliphatic carbocycles. The first-order valence-corrected chi connectivity index (χ1v) is 11.6. The summed E-state index contributed by atoms with van der Waals surface area (Å²) in [6.07, 6.45) is -1.69. The number of carboxylic acid groups (broad SMARTS) is 1. The minimum Gasteiger partial charge on any atom is -0.481 e. The number of halogens is 3. The monoisotopic (exact) mass is 510 g/mol. The van der Waals surface area contributed by atoms with E-state index >= 15 is 0 Å². The Balaban J connectivity index is 1.77. The number of alkyl halides is 3. The molecule has 0 radical (unpaired) electrons. The van der Waals surface area contributed by atoms with Crippen LogP contribution in [0.4, 0.5) is 19.0 Å². The average molecular weight is 511 g/mol. The van der Waals surface area contributed by atoms with E-state index in [2.05, 4.69) is 21.7 Å². The fourth-order valence-electron chi connectivity index (χ4n) is 3.75. The summed E-state index contributed by atoms with van der Waals surface area (Å²) in [6, 6.07) is 15.1. The second kappa shape index (κ2) is 12.0. The van der Waals surface area contributed by atoms with E-state index in [1.807, 2.05) is 13.0 Å². The summed E-state index contributed by atoms with van der Waals surface area (Å²) in [5, 5.41) is 24.2. The molecule has 0 bridgehead atoms. The number of rotatable bonds is 10. The molecular weight excluding hydrogens is 485 g/mol. The highest BCUT2D eigenvalue weighted by Gasteiger charge is 2.30. The Labute approximate surface area is 212 Å². The fourth-order valence-corrected chi connectivity index (χ4v) is 3.75. The van der Waals surface area contributed by atoms with Crippen molar-refractivity contribution in [3.05, 3.63) is 83.0 Å². The third-order valence-electron chi connectivity index (χ3n) is 5.64. The lowest BCUT2D eigenvalue weighted by Gasteiger charge is -2.20. The molecule has 10 heteroatoms. The predicted molar refractivity (Wildman–Crippen MR) is 132 cm³/mol. The minimum atomic E-state index is -4.43. The molecule has 192 valence electrons. The van der Waals surface area contributed by atoms with Crippen molar-refractivity contribution in [2.45, 2.75) is 38.4 Å². The number of hydrogen-bond acceptors (Lipinski definition) is 5. The Morgan fingerprint density at radius 2 is 1.84 bits per heavy atom. The summed E-state index contributed by atoms with van der Waals surface area (Å²) in [5.74, 6) is -0.930. The number of aliphatic carboxylic acids is 1. The van der Waals surface area contributed by atoms with Crippen molar-refractivity contribution in [3.63, 3.8) is 0 Å². The lowest BCUT2D eigenvalue weighted by atomic mass is 9.93. The summed E-state index contributed by atoms with van der Waals surface area (Å²) in [7, 11) is 0. The van der Waals surface area contributed by atoms with Gasteiger partial charge < -0.3 is 15.7 Å². The Kier molecular flexibility index (Phi) is 8.85. The molecule has 0 saturated carbocycles. The molecule has 3 aromatic rings. The van der Waals surface area contributed by atoms with Gasteiger partial charge in [-0.2, -0.15) is 18.4 Å². The number of nitriles is 1. The number of benzene rings is 2. The zero-order valence-electron chi connectivity index (χ0n) is 20.0. The number of amides is 1. The van der Waals surface area contributed by atoms with E-state index in [0.29, 0.717) is 28.9 Å². The Morgan fingerprint density at radius 1 is 1.11 bits per heavy atom. The van der Waals surface area contributed by atoms with Gasteiger partial charge in [0.15, 0.2) is 0 Å². The fraction of sp³-hybridized carbons (Fsp3) is 0.259. The van der Waals surface area contributed by atoms with Crippen LogP contribution in [0.25, 0.3) is 11.1 Å². The molecule has 7 nitrogen and oxygen atoms in total. The first kappa shape index (κ1) is 27.2. The molecule has 0 aliphatic rings. The van der Waals surface area contributed by atoms with Crippen molar-refractivity contribution >= 4 is 17.7 Å². The van der Waals surface area contributed by atoms with Gasteiger partial charge in [-0.25, -0.2) is 4.98 Å². The van der Waals surface area contributed by atoms with Gasteiger partial charge in [-0.3, -0.25) is 9.59 Å². The number of hydrogen-bond donors (Lipinski definition) is 3. The van der Waals surface area contributed by atoms with Gasteiger partial charge in [0, 0.05) is 12.7 Å². The highest BCUT2D eigenvalue weighted by Crippen LogP contribution is 2.33. The quantitative estimate of drug-likeness (QED) is 0.318. The number of carboxylic acids is 1. The molecule has 1 unspecified atom stereocenters. The van der Waals surface area contributed by atoms with E-state index in [1.165, 1.54) is 18.3 Å². The Bertz CT molecular complexity index is 1280. The van der Waals surface area contributed by atoms with Crippen molar-refractivity contribution in [2.24, 2.45) is 0 Å². The maximum atomic E-state index is 12.9. The smallest absolute Gasteiger partial charge is 0.416 e. The summed E-state index contributed by atoms with van der Waals surface area (Å²) in [6.45, 7) is 2.02. The third-order valence-corrected chi connectivity index (χ3v) is 5.64. The summed E-state index contributed by atoms with van der Waals surface area (Å²) >= 11 is 0. The van der Waals surface area contributed by atoms with Gasteiger partial charge in [-0.15, -0.1) is 0 Å². The number of nitrogens with one attached hydrogen (secondary N) is 2. The van der Waals surface area contributed by atoms with Crippen LogP contribution in [0.2, 0.25) is 0 Å². The van der Waals surface area contributed by atoms with Crippen LogP contribution < -0.4 is 10.6 Å². The molecule has 3 rings (SSSR count). The summed E-state index contributed by atoms with van der Waals surface area (Å²) < 4.78 is 38.7. The van der Waals surface area contributed by atoms with Crippen molar-refractivity contribution < 1.29 is 27.9 Å². The van der Waals surface area contributed by atoms with E-state index in [1.54, 1.807) is 24.3 Å².